The summed E-state index contributed by atoms with van der Waals surface area (Å²) in [6.45, 7) is 15.4. The van der Waals surface area contributed by atoms with Crippen molar-refractivity contribution in [3.05, 3.63) is 65.7 Å². The second-order valence-electron chi connectivity index (χ2n) is 14.6. The molecule has 3 saturated heterocycles. The zero-order valence-corrected chi connectivity index (χ0v) is 27.1. The fraction of sp³-hybridized carbons (Fsp3) is 0.447. The van der Waals surface area contributed by atoms with E-state index in [2.05, 4.69) is 84.0 Å². The zero-order valence-electron chi connectivity index (χ0n) is 27.1. The van der Waals surface area contributed by atoms with Crippen LogP contribution in [0.15, 0.2) is 54.6 Å². The third-order valence-electron chi connectivity index (χ3n) is 9.38. The fourth-order valence-electron chi connectivity index (χ4n) is 6.76. The summed E-state index contributed by atoms with van der Waals surface area (Å²) in [4.78, 5) is 45.1. The maximum absolute atomic E-state index is 13.3. The molecule has 3 fully saturated rings. The van der Waals surface area contributed by atoms with Crippen molar-refractivity contribution in [1.29, 1.82) is 0 Å². The highest BCUT2D eigenvalue weighted by molar-refractivity contribution is 6.09. The summed E-state index contributed by atoms with van der Waals surface area (Å²) in [5, 5.41) is 0. The molecule has 6 heteroatoms. The molecule has 3 aromatic carbocycles. The molecule has 0 spiro atoms. The van der Waals surface area contributed by atoms with Crippen LogP contribution in [0.5, 0.6) is 0 Å². The Hall–Kier alpha value is -3.93. The standard InChI is InChI=1S/C38H45N3O3/c1-37(2,3)26-20-25(21-27(22-26)38(4,5)6)28-12-7-8-13-29(28)30-23-32(40-18-10-15-35(40)43)33(41-19-11-16-36(41)44)24-31(30)39-17-9-14-34(39)42/h7-8,12-13,20-24H,9-11,14-19H2,1-6H3. The maximum atomic E-state index is 13.3. The summed E-state index contributed by atoms with van der Waals surface area (Å²) >= 11 is 0. The molecule has 0 aromatic heterocycles. The van der Waals surface area contributed by atoms with Crippen molar-refractivity contribution in [1.82, 2.24) is 0 Å². The van der Waals surface area contributed by atoms with E-state index in [0.717, 1.165) is 58.6 Å². The summed E-state index contributed by atoms with van der Waals surface area (Å²) in [5.74, 6) is 0.241. The van der Waals surface area contributed by atoms with Crippen molar-refractivity contribution in [3.8, 4) is 22.3 Å². The van der Waals surface area contributed by atoms with E-state index in [9.17, 15) is 14.4 Å². The Bertz CT molecular complexity index is 1610. The largest absolute Gasteiger partial charge is 0.312 e. The molecule has 3 amide bonds. The molecule has 0 bridgehead atoms. The van der Waals surface area contributed by atoms with Crippen LogP contribution in [-0.4, -0.2) is 37.4 Å². The number of hydrogen-bond donors (Lipinski definition) is 0. The van der Waals surface area contributed by atoms with Crippen molar-refractivity contribution in [2.45, 2.75) is 90.9 Å². The summed E-state index contributed by atoms with van der Waals surface area (Å²) in [6, 6.07) is 19.5. The molecule has 3 aliphatic rings. The van der Waals surface area contributed by atoms with Gasteiger partial charge in [-0.3, -0.25) is 14.4 Å². The first-order chi connectivity index (χ1) is 20.8. The first-order valence-corrected chi connectivity index (χ1v) is 16.2. The molecule has 44 heavy (non-hydrogen) atoms. The molecule has 0 aliphatic carbocycles. The van der Waals surface area contributed by atoms with Crippen molar-refractivity contribution >= 4 is 34.8 Å². The molecule has 0 atom stereocenters. The van der Waals surface area contributed by atoms with Crippen LogP contribution in [0.1, 0.15) is 91.2 Å². The van der Waals surface area contributed by atoms with Gasteiger partial charge in [-0.2, -0.15) is 0 Å². The second-order valence-corrected chi connectivity index (χ2v) is 14.6. The number of carbonyl (C=O) groups excluding carboxylic acids is 3. The monoisotopic (exact) mass is 591 g/mol. The molecule has 0 unspecified atom stereocenters. The molecular weight excluding hydrogens is 546 g/mol. The third-order valence-corrected chi connectivity index (χ3v) is 9.38. The summed E-state index contributed by atoms with van der Waals surface area (Å²) in [5.41, 5.74) is 8.94. The van der Waals surface area contributed by atoms with Crippen molar-refractivity contribution < 1.29 is 14.4 Å². The molecule has 3 aliphatic heterocycles. The summed E-state index contributed by atoms with van der Waals surface area (Å²) in [7, 11) is 0. The highest BCUT2D eigenvalue weighted by Gasteiger charge is 2.34. The van der Waals surface area contributed by atoms with Gasteiger partial charge in [0, 0.05) is 44.5 Å². The highest BCUT2D eigenvalue weighted by atomic mass is 16.2. The molecule has 0 radical (unpaired) electrons. The minimum Gasteiger partial charge on any atom is -0.312 e. The summed E-state index contributed by atoms with van der Waals surface area (Å²) < 4.78 is 0. The van der Waals surface area contributed by atoms with E-state index in [1.54, 1.807) is 0 Å². The molecule has 0 N–H and O–H groups in total. The van der Waals surface area contributed by atoms with Crippen LogP contribution in [0.25, 0.3) is 22.3 Å². The lowest BCUT2D eigenvalue weighted by Crippen LogP contribution is -2.31. The first-order valence-electron chi connectivity index (χ1n) is 16.2. The molecule has 3 heterocycles. The molecule has 6 rings (SSSR count). The van der Waals surface area contributed by atoms with E-state index < -0.39 is 0 Å². The second kappa shape index (κ2) is 11.2. The number of carbonyl (C=O) groups is 3. The van der Waals surface area contributed by atoms with E-state index in [1.165, 1.54) is 11.1 Å². The van der Waals surface area contributed by atoms with Gasteiger partial charge < -0.3 is 14.7 Å². The molecule has 6 nitrogen and oxygen atoms in total. The van der Waals surface area contributed by atoms with E-state index in [4.69, 9.17) is 0 Å². The Morgan fingerprint density at radius 3 is 1.36 bits per heavy atom. The van der Waals surface area contributed by atoms with Crippen LogP contribution in [0.3, 0.4) is 0 Å². The predicted molar refractivity (Wildman–Crippen MR) is 179 cm³/mol. The predicted octanol–water partition coefficient (Wildman–Crippen LogP) is 8.00. The first kappa shape index (κ1) is 30.1. The van der Waals surface area contributed by atoms with Crippen molar-refractivity contribution in [3.63, 3.8) is 0 Å². The molecule has 230 valence electrons. The normalized spacial score (nSPS) is 17.9. The van der Waals surface area contributed by atoms with Crippen LogP contribution >= 0.6 is 0 Å². The van der Waals surface area contributed by atoms with Gasteiger partial charge in [-0.1, -0.05) is 84.0 Å². The molecule has 0 saturated carbocycles. The van der Waals surface area contributed by atoms with Gasteiger partial charge in [0.05, 0.1) is 17.1 Å². The number of anilines is 3. The van der Waals surface area contributed by atoms with Crippen LogP contribution in [0, 0.1) is 0 Å². The highest BCUT2D eigenvalue weighted by Crippen LogP contribution is 2.47. The summed E-state index contributed by atoms with van der Waals surface area (Å²) in [6.07, 6.45) is 3.88. The van der Waals surface area contributed by atoms with Gasteiger partial charge >= 0.3 is 0 Å². The lowest BCUT2D eigenvalue weighted by atomic mass is 9.78. The van der Waals surface area contributed by atoms with Crippen molar-refractivity contribution in [2.24, 2.45) is 0 Å². The van der Waals surface area contributed by atoms with E-state index in [0.29, 0.717) is 38.9 Å². The van der Waals surface area contributed by atoms with Crippen molar-refractivity contribution in [2.75, 3.05) is 34.3 Å². The van der Waals surface area contributed by atoms with Gasteiger partial charge in [0.1, 0.15) is 0 Å². The van der Waals surface area contributed by atoms with Gasteiger partial charge in [0.2, 0.25) is 17.7 Å². The quantitative estimate of drug-likeness (QED) is 0.302. The minimum absolute atomic E-state index is 0.0364. The van der Waals surface area contributed by atoms with Crippen LogP contribution < -0.4 is 14.7 Å². The zero-order chi connectivity index (χ0) is 31.4. The topological polar surface area (TPSA) is 60.9 Å². The Kier molecular flexibility index (Phi) is 7.67. The lowest BCUT2D eigenvalue weighted by Gasteiger charge is -2.30. The minimum atomic E-state index is -0.0364. The van der Waals surface area contributed by atoms with Crippen LogP contribution in [0.4, 0.5) is 17.1 Å². The SMILES string of the molecule is CC(C)(C)c1cc(-c2ccccc2-c2cc(N3CCCC3=O)c(N3CCCC3=O)cc2N2CCCC2=O)cc(C(C)(C)C)c1. The maximum Gasteiger partial charge on any atom is 0.227 e. The fourth-order valence-corrected chi connectivity index (χ4v) is 6.76. The van der Waals surface area contributed by atoms with E-state index >= 15 is 0 Å². The average Bonchev–Trinajstić information content (AvgIpc) is 3.72. The Morgan fingerprint density at radius 1 is 0.500 bits per heavy atom. The lowest BCUT2D eigenvalue weighted by molar-refractivity contribution is -0.118. The van der Waals surface area contributed by atoms with Gasteiger partial charge in [0.15, 0.2) is 0 Å². The van der Waals surface area contributed by atoms with Crippen LogP contribution in [0.2, 0.25) is 0 Å². The number of benzene rings is 3. The van der Waals surface area contributed by atoms with E-state index in [-0.39, 0.29) is 28.6 Å². The Balaban J connectivity index is 1.63. The number of nitrogens with zero attached hydrogens (tertiary/aromatic N) is 3. The number of amides is 3. The van der Waals surface area contributed by atoms with Crippen LogP contribution in [-0.2, 0) is 25.2 Å². The van der Waals surface area contributed by atoms with Gasteiger partial charge in [0.25, 0.3) is 0 Å². The molecular formula is C38H45N3O3. The third kappa shape index (κ3) is 5.55. The smallest absolute Gasteiger partial charge is 0.227 e. The number of rotatable bonds is 5. The molecule has 3 aromatic rings. The average molecular weight is 592 g/mol. The van der Waals surface area contributed by atoms with E-state index in [1.807, 2.05) is 26.8 Å². The van der Waals surface area contributed by atoms with Gasteiger partial charge in [-0.25, -0.2) is 0 Å². The van der Waals surface area contributed by atoms with Gasteiger partial charge in [-0.05, 0) is 70.0 Å². The Morgan fingerprint density at radius 2 is 0.932 bits per heavy atom. The van der Waals surface area contributed by atoms with Gasteiger partial charge in [-0.15, -0.1) is 0 Å². The Labute approximate surface area is 262 Å². The number of hydrogen-bond acceptors (Lipinski definition) is 3.